The fourth-order valence-corrected chi connectivity index (χ4v) is 3.09. The Kier molecular flexibility index (Phi) is 6.47. The van der Waals surface area contributed by atoms with Crippen molar-refractivity contribution in [1.29, 1.82) is 0 Å². The molecule has 1 heterocycles. The van der Waals surface area contributed by atoms with Crippen LogP contribution < -0.4 is 0 Å². The molecule has 2 rings (SSSR count). The molecule has 3 heteroatoms. The smallest absolute Gasteiger partial charge is 0.188 e. The molecule has 1 fully saturated rings. The van der Waals surface area contributed by atoms with Crippen molar-refractivity contribution < 1.29 is 14.2 Å². The van der Waals surface area contributed by atoms with Gasteiger partial charge in [0.25, 0.3) is 0 Å². The molecule has 0 aliphatic carbocycles. The van der Waals surface area contributed by atoms with Crippen molar-refractivity contribution in [3.63, 3.8) is 0 Å². The second-order valence-electron chi connectivity index (χ2n) is 7.34. The topological polar surface area (TPSA) is 31.0 Å². The number of allylic oxidation sites excluding steroid dienone is 1. The molecule has 134 valence electrons. The highest BCUT2D eigenvalue weighted by atomic mass is 16.7. The SMILES string of the molecule is C=C(OCOCC)C(C)C(C)(C)C(C)c1ccccc1CC1CO1. The number of hydrogen-bond acceptors (Lipinski definition) is 3. The van der Waals surface area contributed by atoms with E-state index >= 15 is 0 Å². The molecule has 1 saturated heterocycles. The predicted octanol–water partition coefficient (Wildman–Crippen LogP) is 4.92. The van der Waals surface area contributed by atoms with Crippen LogP contribution in [0, 0.1) is 11.3 Å². The predicted molar refractivity (Wildman–Crippen MR) is 98.0 cm³/mol. The van der Waals surface area contributed by atoms with E-state index in [4.69, 9.17) is 14.2 Å². The highest BCUT2D eigenvalue weighted by molar-refractivity contribution is 5.33. The zero-order valence-corrected chi connectivity index (χ0v) is 15.8. The molecule has 1 aromatic rings. The Labute approximate surface area is 147 Å². The van der Waals surface area contributed by atoms with E-state index in [0.29, 0.717) is 18.6 Å². The number of rotatable bonds is 10. The van der Waals surface area contributed by atoms with Gasteiger partial charge in [0, 0.05) is 18.9 Å². The second-order valence-corrected chi connectivity index (χ2v) is 7.34. The maximum Gasteiger partial charge on any atom is 0.188 e. The fourth-order valence-electron chi connectivity index (χ4n) is 3.09. The van der Waals surface area contributed by atoms with Gasteiger partial charge in [0.05, 0.1) is 18.5 Å². The summed E-state index contributed by atoms with van der Waals surface area (Å²) in [6.45, 7) is 17.0. The summed E-state index contributed by atoms with van der Waals surface area (Å²) < 4.78 is 16.4. The molecule has 1 aliphatic heterocycles. The highest BCUT2D eigenvalue weighted by Crippen LogP contribution is 2.45. The first-order valence-corrected chi connectivity index (χ1v) is 8.96. The van der Waals surface area contributed by atoms with Gasteiger partial charge < -0.3 is 14.2 Å². The van der Waals surface area contributed by atoms with Crippen LogP contribution in [0.15, 0.2) is 36.6 Å². The summed E-state index contributed by atoms with van der Waals surface area (Å²) in [5.74, 6) is 1.40. The Morgan fingerprint density at radius 3 is 2.62 bits per heavy atom. The molecule has 3 atom stereocenters. The van der Waals surface area contributed by atoms with Gasteiger partial charge in [0.2, 0.25) is 0 Å². The van der Waals surface area contributed by atoms with Gasteiger partial charge in [0.15, 0.2) is 6.79 Å². The van der Waals surface area contributed by atoms with Crippen LogP contribution in [0.4, 0.5) is 0 Å². The molecular formula is C21H32O3. The van der Waals surface area contributed by atoms with E-state index in [0.717, 1.165) is 18.8 Å². The lowest BCUT2D eigenvalue weighted by Gasteiger charge is -2.39. The Bertz CT molecular complexity index is 546. The molecule has 1 aliphatic rings. The van der Waals surface area contributed by atoms with Crippen molar-refractivity contribution in [2.24, 2.45) is 11.3 Å². The van der Waals surface area contributed by atoms with Gasteiger partial charge in [-0.05, 0) is 29.4 Å². The van der Waals surface area contributed by atoms with Crippen LogP contribution in [0.5, 0.6) is 0 Å². The average molecular weight is 332 g/mol. The van der Waals surface area contributed by atoms with E-state index < -0.39 is 0 Å². The molecule has 0 N–H and O–H groups in total. The van der Waals surface area contributed by atoms with Gasteiger partial charge >= 0.3 is 0 Å². The van der Waals surface area contributed by atoms with E-state index in [1.807, 2.05) is 6.92 Å². The summed E-state index contributed by atoms with van der Waals surface area (Å²) in [5, 5.41) is 0. The lowest BCUT2D eigenvalue weighted by atomic mass is 9.67. The van der Waals surface area contributed by atoms with Crippen LogP contribution in [-0.4, -0.2) is 26.1 Å². The molecular weight excluding hydrogens is 300 g/mol. The second kappa shape index (κ2) is 8.17. The largest absolute Gasteiger partial charge is 0.472 e. The molecule has 0 saturated carbocycles. The standard InChI is InChI=1S/C21H32O3/c1-7-22-14-24-17(4)15(2)21(5,6)16(3)20-11-9-8-10-18(20)12-19-13-23-19/h8-11,15-16,19H,4,7,12-14H2,1-3,5-6H3. The van der Waals surface area contributed by atoms with E-state index in [2.05, 4.69) is 58.5 Å². The van der Waals surface area contributed by atoms with Gasteiger partial charge in [0.1, 0.15) is 0 Å². The summed E-state index contributed by atoms with van der Waals surface area (Å²) in [6, 6.07) is 8.73. The first-order chi connectivity index (χ1) is 11.4. The molecule has 1 aromatic carbocycles. The molecule has 24 heavy (non-hydrogen) atoms. The maximum absolute atomic E-state index is 5.68. The monoisotopic (exact) mass is 332 g/mol. The summed E-state index contributed by atoms with van der Waals surface area (Å²) in [6.07, 6.45) is 1.41. The van der Waals surface area contributed by atoms with Crippen molar-refractivity contribution in [1.82, 2.24) is 0 Å². The van der Waals surface area contributed by atoms with Crippen molar-refractivity contribution in [3.8, 4) is 0 Å². The van der Waals surface area contributed by atoms with E-state index in [1.54, 1.807) is 0 Å². The number of ether oxygens (including phenoxy) is 3. The van der Waals surface area contributed by atoms with Gasteiger partial charge in [-0.3, -0.25) is 0 Å². The zero-order chi connectivity index (χ0) is 17.7. The van der Waals surface area contributed by atoms with Crippen LogP contribution >= 0.6 is 0 Å². The number of epoxide rings is 1. The quantitative estimate of drug-likeness (QED) is 0.264. The minimum atomic E-state index is 0.0177. The summed E-state index contributed by atoms with van der Waals surface area (Å²) >= 11 is 0. The van der Waals surface area contributed by atoms with Crippen molar-refractivity contribution >= 4 is 0 Å². The normalized spacial score (nSPS) is 19.6. The van der Waals surface area contributed by atoms with E-state index in [-0.39, 0.29) is 18.1 Å². The summed E-state index contributed by atoms with van der Waals surface area (Å²) in [5.41, 5.74) is 2.82. The van der Waals surface area contributed by atoms with Crippen LogP contribution in [-0.2, 0) is 20.6 Å². The van der Waals surface area contributed by atoms with Gasteiger partial charge in [-0.2, -0.15) is 0 Å². The van der Waals surface area contributed by atoms with Gasteiger partial charge in [-0.25, -0.2) is 0 Å². The van der Waals surface area contributed by atoms with Gasteiger partial charge in [-0.15, -0.1) is 0 Å². The third-order valence-corrected chi connectivity index (χ3v) is 5.62. The Hall–Kier alpha value is -1.32. The first-order valence-electron chi connectivity index (χ1n) is 8.96. The Morgan fingerprint density at radius 2 is 2.00 bits per heavy atom. The fraction of sp³-hybridized carbons (Fsp3) is 0.619. The Balaban J connectivity index is 2.11. The molecule has 0 spiro atoms. The highest BCUT2D eigenvalue weighted by Gasteiger charge is 2.36. The maximum atomic E-state index is 5.68. The van der Waals surface area contributed by atoms with E-state index in [1.165, 1.54) is 11.1 Å². The van der Waals surface area contributed by atoms with Crippen LogP contribution in [0.1, 0.15) is 51.7 Å². The van der Waals surface area contributed by atoms with Crippen molar-refractivity contribution in [2.45, 2.75) is 53.1 Å². The molecule has 0 radical (unpaired) electrons. The summed E-state index contributed by atoms with van der Waals surface area (Å²) in [4.78, 5) is 0. The molecule has 0 amide bonds. The average Bonchev–Trinajstić information content (AvgIpc) is 3.38. The minimum absolute atomic E-state index is 0.0177. The first kappa shape index (κ1) is 19.0. The lowest BCUT2D eigenvalue weighted by Crippen LogP contribution is -2.30. The molecule has 3 nitrogen and oxygen atoms in total. The lowest BCUT2D eigenvalue weighted by molar-refractivity contribution is -0.0343. The molecule has 3 unspecified atom stereocenters. The molecule has 0 bridgehead atoms. The number of benzene rings is 1. The van der Waals surface area contributed by atoms with Crippen LogP contribution in [0.25, 0.3) is 0 Å². The van der Waals surface area contributed by atoms with Crippen molar-refractivity contribution in [2.75, 3.05) is 20.0 Å². The number of hydrogen-bond donors (Lipinski definition) is 0. The molecule has 0 aromatic heterocycles. The summed E-state index contributed by atoms with van der Waals surface area (Å²) in [7, 11) is 0. The minimum Gasteiger partial charge on any atom is -0.472 e. The van der Waals surface area contributed by atoms with Crippen molar-refractivity contribution in [3.05, 3.63) is 47.7 Å². The Morgan fingerprint density at radius 1 is 1.33 bits per heavy atom. The van der Waals surface area contributed by atoms with Crippen LogP contribution in [0.3, 0.4) is 0 Å². The third kappa shape index (κ3) is 4.61. The van der Waals surface area contributed by atoms with Crippen LogP contribution in [0.2, 0.25) is 0 Å². The third-order valence-electron chi connectivity index (χ3n) is 5.62. The van der Waals surface area contributed by atoms with E-state index in [9.17, 15) is 0 Å². The van der Waals surface area contributed by atoms with Gasteiger partial charge in [-0.1, -0.05) is 58.5 Å². The zero-order valence-electron chi connectivity index (χ0n) is 15.8.